The topological polar surface area (TPSA) is 62.5 Å². The summed E-state index contributed by atoms with van der Waals surface area (Å²) < 4.78 is 0. The van der Waals surface area contributed by atoms with Crippen LogP contribution in [-0.4, -0.2) is 15.0 Å². The monoisotopic (exact) mass is 722 g/mol. The van der Waals surface area contributed by atoms with Gasteiger partial charge in [-0.1, -0.05) is 159 Å². The van der Waals surface area contributed by atoms with Crippen LogP contribution in [0.3, 0.4) is 0 Å². The third-order valence-corrected chi connectivity index (χ3v) is 12.5. The summed E-state index contributed by atoms with van der Waals surface area (Å²) in [6.45, 7) is 0. The largest absolute Gasteiger partial charge is 0.209 e. The first-order valence-corrected chi connectivity index (χ1v) is 20.1. The summed E-state index contributed by atoms with van der Waals surface area (Å²) in [5, 5.41) is 9.89. The molecule has 4 heteroatoms. The molecular weight excluding hydrogens is 681 g/mol. The molecule has 1 atom stereocenters. The summed E-state index contributed by atoms with van der Waals surface area (Å²) in [6, 6.07) is 45.6. The molecule has 6 aromatic rings. The van der Waals surface area contributed by atoms with Gasteiger partial charge in [0.15, 0.2) is 17.5 Å². The molecule has 1 saturated carbocycles. The number of fused-ring (bicyclic) bond motifs is 5. The van der Waals surface area contributed by atoms with Gasteiger partial charge in [-0.15, -0.1) is 0 Å². The summed E-state index contributed by atoms with van der Waals surface area (Å²) in [4.78, 5) is 15.4. The van der Waals surface area contributed by atoms with E-state index in [2.05, 4.69) is 152 Å². The Labute approximate surface area is 329 Å². The summed E-state index contributed by atoms with van der Waals surface area (Å²) >= 11 is 0. The lowest BCUT2D eigenvalue weighted by molar-refractivity contribution is 0.353. The molecule has 1 aromatic heterocycles. The second kappa shape index (κ2) is 14.3. The van der Waals surface area contributed by atoms with Crippen LogP contribution in [0.15, 0.2) is 152 Å². The van der Waals surface area contributed by atoms with Gasteiger partial charge in [0.1, 0.15) is 0 Å². The molecule has 1 heterocycles. The van der Waals surface area contributed by atoms with E-state index in [0.717, 1.165) is 60.2 Å². The molecule has 0 aliphatic heterocycles. The van der Waals surface area contributed by atoms with E-state index < -0.39 is 0 Å². The Balaban J connectivity index is 1.03. The summed E-state index contributed by atoms with van der Waals surface area (Å²) in [6.07, 6.45) is 19.9. The number of benzene rings is 5. The number of nitriles is 1. The fraction of sp³-hybridized carbons (Fsp3) is 0.192. The number of aromatic nitrogens is 3. The zero-order valence-electron chi connectivity index (χ0n) is 31.5. The molecule has 0 N–H and O–H groups in total. The minimum Gasteiger partial charge on any atom is -0.209 e. The molecule has 56 heavy (non-hydrogen) atoms. The zero-order chi connectivity index (χ0) is 37.5. The highest BCUT2D eigenvalue weighted by atomic mass is 15.0. The molecule has 0 bridgehead atoms. The van der Waals surface area contributed by atoms with Crippen LogP contribution in [0.1, 0.15) is 96.8 Å². The van der Waals surface area contributed by atoms with Crippen LogP contribution in [0.2, 0.25) is 0 Å². The van der Waals surface area contributed by atoms with Gasteiger partial charge < -0.3 is 0 Å². The van der Waals surface area contributed by atoms with Crippen molar-refractivity contribution in [1.29, 1.82) is 5.26 Å². The molecule has 1 fully saturated rings. The molecule has 4 aliphatic carbocycles. The van der Waals surface area contributed by atoms with Crippen LogP contribution in [0.25, 0.3) is 50.4 Å². The molecule has 1 unspecified atom stereocenters. The number of rotatable bonds is 6. The maximum atomic E-state index is 9.89. The Bertz CT molecular complexity index is 2630. The SMILES string of the molecule is N#Cc1ccc2c(c1)-c1c(-c3ccc(-c4nc(C5=CCC(c6ccccc6)C=C5)nc(C5=CC=C(c6ccccc6)CC5)n4)cc3)cccc1C21CCCCC1. The number of hydrogen-bond donors (Lipinski definition) is 0. The summed E-state index contributed by atoms with van der Waals surface area (Å²) in [5.41, 5.74) is 15.5. The quantitative estimate of drug-likeness (QED) is 0.172. The lowest BCUT2D eigenvalue weighted by Gasteiger charge is -2.36. The van der Waals surface area contributed by atoms with Crippen molar-refractivity contribution in [2.75, 3.05) is 0 Å². The van der Waals surface area contributed by atoms with Crippen LogP contribution in [0.4, 0.5) is 0 Å². The molecule has 4 aliphatic rings. The van der Waals surface area contributed by atoms with Gasteiger partial charge in [0, 0.05) is 22.5 Å². The molecule has 4 nitrogen and oxygen atoms in total. The Morgan fingerprint density at radius 3 is 2.04 bits per heavy atom. The predicted molar refractivity (Wildman–Crippen MR) is 227 cm³/mol. The van der Waals surface area contributed by atoms with E-state index in [1.807, 2.05) is 6.07 Å². The molecule has 0 saturated heterocycles. The van der Waals surface area contributed by atoms with Crippen LogP contribution in [0.5, 0.6) is 0 Å². The summed E-state index contributed by atoms with van der Waals surface area (Å²) in [7, 11) is 0. The molecule has 0 radical (unpaired) electrons. The normalized spacial score (nSPS) is 18.0. The van der Waals surface area contributed by atoms with Gasteiger partial charge in [0.2, 0.25) is 0 Å². The van der Waals surface area contributed by atoms with E-state index in [-0.39, 0.29) is 5.41 Å². The summed E-state index contributed by atoms with van der Waals surface area (Å²) in [5.74, 6) is 2.46. The maximum absolute atomic E-state index is 9.89. The second-order valence-electron chi connectivity index (χ2n) is 15.6. The average molecular weight is 723 g/mol. The molecular formula is C52H42N4. The van der Waals surface area contributed by atoms with E-state index >= 15 is 0 Å². The van der Waals surface area contributed by atoms with Crippen LogP contribution < -0.4 is 0 Å². The van der Waals surface area contributed by atoms with E-state index in [9.17, 15) is 5.26 Å². The van der Waals surface area contributed by atoms with Crippen molar-refractivity contribution in [2.45, 2.75) is 62.7 Å². The van der Waals surface area contributed by atoms with Crippen molar-refractivity contribution in [3.8, 4) is 39.7 Å². The van der Waals surface area contributed by atoms with Crippen molar-refractivity contribution in [3.63, 3.8) is 0 Å². The van der Waals surface area contributed by atoms with Crippen molar-refractivity contribution in [1.82, 2.24) is 15.0 Å². The van der Waals surface area contributed by atoms with Gasteiger partial charge in [0.25, 0.3) is 0 Å². The molecule has 270 valence electrons. The lowest BCUT2D eigenvalue weighted by atomic mass is 9.67. The third kappa shape index (κ3) is 6.05. The first-order chi connectivity index (χ1) is 27.7. The molecule has 0 amide bonds. The van der Waals surface area contributed by atoms with Gasteiger partial charge in [0.05, 0.1) is 11.6 Å². The van der Waals surface area contributed by atoms with E-state index in [0.29, 0.717) is 23.1 Å². The molecule has 10 rings (SSSR count). The first kappa shape index (κ1) is 34.1. The Morgan fingerprint density at radius 2 is 1.30 bits per heavy atom. The highest BCUT2D eigenvalue weighted by Crippen LogP contribution is 2.58. The number of allylic oxidation sites excluding steroid dienone is 8. The highest BCUT2D eigenvalue weighted by molar-refractivity contribution is 5.93. The standard InChI is InChI=1S/C52H42N4/c53-34-35-17-30-46-45(33-35)48-44(15-10-16-47(48)52(46)31-8-3-9-32-52)40-22-28-43(29-23-40)51-55-49(41-24-18-38(19-25-41)36-11-4-1-5-12-36)54-50(56-51)42-26-20-39(21-27-42)37-13-6-2-7-14-37/h1-2,4-7,10-18,20,22-26,28-30,33,38H,3,8-9,19,21,27,31-32H2. The van der Waals surface area contributed by atoms with Gasteiger partial charge >= 0.3 is 0 Å². The lowest BCUT2D eigenvalue weighted by Crippen LogP contribution is -2.28. The Kier molecular flexibility index (Phi) is 8.72. The second-order valence-corrected chi connectivity index (χ2v) is 15.6. The maximum Gasteiger partial charge on any atom is 0.164 e. The van der Waals surface area contributed by atoms with Crippen molar-refractivity contribution in [2.24, 2.45) is 0 Å². The minimum absolute atomic E-state index is 0.0265. The minimum atomic E-state index is 0.0265. The fourth-order valence-corrected chi connectivity index (χ4v) is 9.59. The van der Waals surface area contributed by atoms with E-state index in [1.54, 1.807) is 0 Å². The van der Waals surface area contributed by atoms with Gasteiger partial charge in [-0.2, -0.15) is 5.26 Å². The van der Waals surface area contributed by atoms with Crippen LogP contribution >= 0.6 is 0 Å². The van der Waals surface area contributed by atoms with Crippen LogP contribution in [0, 0.1) is 11.3 Å². The van der Waals surface area contributed by atoms with Crippen molar-refractivity contribution >= 4 is 16.7 Å². The molecule has 5 aromatic carbocycles. The highest BCUT2D eigenvalue weighted by Gasteiger charge is 2.44. The zero-order valence-corrected chi connectivity index (χ0v) is 31.5. The molecule has 1 spiro atoms. The van der Waals surface area contributed by atoms with E-state index in [4.69, 9.17) is 15.0 Å². The Morgan fingerprint density at radius 1 is 0.589 bits per heavy atom. The smallest absolute Gasteiger partial charge is 0.164 e. The van der Waals surface area contributed by atoms with Crippen molar-refractivity contribution in [3.05, 3.63) is 191 Å². The van der Waals surface area contributed by atoms with Gasteiger partial charge in [-0.05, 0) is 99.9 Å². The average Bonchev–Trinajstić information content (AvgIpc) is 3.55. The number of hydrogen-bond acceptors (Lipinski definition) is 4. The fourth-order valence-electron chi connectivity index (χ4n) is 9.59. The first-order valence-electron chi connectivity index (χ1n) is 20.1. The van der Waals surface area contributed by atoms with Crippen LogP contribution in [-0.2, 0) is 5.41 Å². The predicted octanol–water partition coefficient (Wildman–Crippen LogP) is 12.7. The number of nitrogens with zero attached hydrogens (tertiary/aromatic N) is 4. The van der Waals surface area contributed by atoms with Gasteiger partial charge in [-0.25, -0.2) is 15.0 Å². The Hall–Kier alpha value is -6.44. The van der Waals surface area contributed by atoms with E-state index in [1.165, 1.54) is 63.8 Å². The third-order valence-electron chi connectivity index (χ3n) is 12.5. The van der Waals surface area contributed by atoms with Gasteiger partial charge in [-0.3, -0.25) is 0 Å². The van der Waals surface area contributed by atoms with Crippen molar-refractivity contribution < 1.29 is 0 Å².